The maximum absolute atomic E-state index is 12.1. The summed E-state index contributed by atoms with van der Waals surface area (Å²) in [6, 6.07) is 11.1. The summed E-state index contributed by atoms with van der Waals surface area (Å²) in [5.41, 5.74) is 5.35. The van der Waals surface area contributed by atoms with Crippen LogP contribution in [0.15, 0.2) is 53.9 Å². The lowest BCUT2D eigenvalue weighted by Crippen LogP contribution is -2.21. The molecule has 0 aliphatic carbocycles. The summed E-state index contributed by atoms with van der Waals surface area (Å²) >= 11 is 0. The van der Waals surface area contributed by atoms with Crippen LogP contribution in [0, 0.1) is 0 Å². The maximum atomic E-state index is 12.1. The molecule has 6 nitrogen and oxygen atoms in total. The Balaban J connectivity index is 2.22. The molecule has 1 amide bonds. The average Bonchev–Trinajstić information content (AvgIpc) is 2.61. The van der Waals surface area contributed by atoms with Gasteiger partial charge < -0.3 is 5.11 Å². The summed E-state index contributed by atoms with van der Waals surface area (Å²) in [5.74, 6) is -1.31. The fraction of sp³-hybridized carbons (Fsp3) is 0.300. The van der Waals surface area contributed by atoms with Gasteiger partial charge in [0.25, 0.3) is 5.91 Å². The molecule has 2 N–H and O–H groups in total. The van der Waals surface area contributed by atoms with Crippen LogP contribution in [0.3, 0.4) is 0 Å². The van der Waals surface area contributed by atoms with Crippen LogP contribution in [-0.4, -0.2) is 27.7 Å². The van der Waals surface area contributed by atoms with Crippen molar-refractivity contribution < 1.29 is 14.7 Å². The smallest absolute Gasteiger partial charge is 0.303 e. The van der Waals surface area contributed by atoms with Crippen LogP contribution < -0.4 is 5.43 Å². The Kier molecular flexibility index (Phi) is 6.22. The predicted molar refractivity (Wildman–Crippen MR) is 100 cm³/mol. The topological polar surface area (TPSA) is 91.6 Å². The highest BCUT2D eigenvalue weighted by Crippen LogP contribution is 2.22. The molecule has 1 aromatic carbocycles. The molecule has 0 aliphatic heterocycles. The first-order valence-electron chi connectivity index (χ1n) is 8.37. The summed E-state index contributed by atoms with van der Waals surface area (Å²) in [4.78, 5) is 27.0. The molecule has 136 valence electrons. The van der Waals surface area contributed by atoms with Crippen molar-refractivity contribution in [1.82, 2.24) is 10.4 Å². The van der Waals surface area contributed by atoms with Crippen LogP contribution >= 0.6 is 0 Å². The lowest BCUT2D eigenvalue weighted by Gasteiger charge is -2.19. The molecule has 0 aliphatic rings. The molecular weight excluding hydrogens is 330 g/mol. The third-order valence-electron chi connectivity index (χ3n) is 3.88. The summed E-state index contributed by atoms with van der Waals surface area (Å²) < 4.78 is 0. The number of benzene rings is 1. The molecule has 0 unspecified atom stereocenters. The Labute approximate surface area is 153 Å². The number of pyridine rings is 1. The Morgan fingerprint density at radius 3 is 2.31 bits per heavy atom. The molecule has 1 heterocycles. The normalized spacial score (nSPS) is 11.9. The molecule has 2 rings (SSSR count). The highest BCUT2D eigenvalue weighted by Gasteiger charge is 2.15. The molecule has 26 heavy (non-hydrogen) atoms. The number of hydrogen-bond donors (Lipinski definition) is 2. The van der Waals surface area contributed by atoms with Crippen molar-refractivity contribution in [3.63, 3.8) is 0 Å². The van der Waals surface area contributed by atoms with Crippen LogP contribution in [0.1, 0.15) is 55.1 Å². The number of aromatic nitrogens is 1. The third-order valence-corrected chi connectivity index (χ3v) is 3.88. The van der Waals surface area contributed by atoms with E-state index in [1.807, 2.05) is 24.3 Å². The molecule has 1 aromatic heterocycles. The van der Waals surface area contributed by atoms with Gasteiger partial charge in [-0.05, 0) is 28.7 Å². The van der Waals surface area contributed by atoms with E-state index < -0.39 is 11.9 Å². The lowest BCUT2D eigenvalue weighted by atomic mass is 9.86. The fourth-order valence-electron chi connectivity index (χ4n) is 2.33. The van der Waals surface area contributed by atoms with Crippen LogP contribution in [0.25, 0.3) is 0 Å². The van der Waals surface area contributed by atoms with E-state index in [2.05, 4.69) is 36.3 Å². The maximum Gasteiger partial charge on any atom is 0.303 e. The van der Waals surface area contributed by atoms with Gasteiger partial charge in [-0.15, -0.1) is 0 Å². The van der Waals surface area contributed by atoms with Gasteiger partial charge in [-0.3, -0.25) is 14.6 Å². The second-order valence-corrected chi connectivity index (χ2v) is 6.96. The molecule has 0 fully saturated rings. The highest BCUT2D eigenvalue weighted by molar-refractivity contribution is 6.03. The zero-order valence-corrected chi connectivity index (χ0v) is 15.2. The van der Waals surface area contributed by atoms with Gasteiger partial charge in [0, 0.05) is 18.8 Å². The van der Waals surface area contributed by atoms with E-state index in [0.29, 0.717) is 11.3 Å². The van der Waals surface area contributed by atoms with E-state index in [-0.39, 0.29) is 18.3 Å². The molecular formula is C20H23N3O3. The van der Waals surface area contributed by atoms with E-state index in [4.69, 9.17) is 5.11 Å². The van der Waals surface area contributed by atoms with Crippen molar-refractivity contribution in [3.8, 4) is 0 Å². The highest BCUT2D eigenvalue weighted by atomic mass is 16.4. The number of carbonyl (C=O) groups is 2. The van der Waals surface area contributed by atoms with Gasteiger partial charge in [-0.2, -0.15) is 5.10 Å². The Hall–Kier alpha value is -3.02. The monoisotopic (exact) mass is 353 g/mol. The van der Waals surface area contributed by atoms with Crippen LogP contribution in [0.2, 0.25) is 0 Å². The number of rotatable bonds is 6. The number of hydrogen-bond acceptors (Lipinski definition) is 4. The van der Waals surface area contributed by atoms with Crippen molar-refractivity contribution in [2.45, 2.75) is 39.0 Å². The van der Waals surface area contributed by atoms with Crippen molar-refractivity contribution in [2.75, 3.05) is 0 Å². The van der Waals surface area contributed by atoms with E-state index in [1.165, 1.54) is 11.8 Å². The minimum Gasteiger partial charge on any atom is -0.481 e. The number of carboxylic acids is 1. The zero-order chi connectivity index (χ0) is 19.2. The van der Waals surface area contributed by atoms with E-state index in [1.54, 1.807) is 18.3 Å². The minimum atomic E-state index is -0.914. The molecule has 0 saturated carbocycles. The number of nitrogens with zero attached hydrogens (tertiary/aromatic N) is 2. The largest absolute Gasteiger partial charge is 0.481 e. The third kappa shape index (κ3) is 5.51. The SMILES string of the molecule is CC(C)(C)c1ccc(/C(CCC(=O)O)=N/NC(=O)c2cccnc2)cc1. The van der Waals surface area contributed by atoms with Gasteiger partial charge in [0.2, 0.25) is 0 Å². The molecule has 0 saturated heterocycles. The van der Waals surface area contributed by atoms with Crippen LogP contribution in [0.4, 0.5) is 0 Å². The number of aliphatic carboxylic acids is 1. The number of hydrazone groups is 1. The van der Waals surface area contributed by atoms with Gasteiger partial charge in [0.05, 0.1) is 17.7 Å². The van der Waals surface area contributed by atoms with E-state index >= 15 is 0 Å². The molecule has 0 atom stereocenters. The van der Waals surface area contributed by atoms with Crippen LogP contribution in [0.5, 0.6) is 0 Å². The Bertz CT molecular complexity index is 791. The number of nitrogens with one attached hydrogen (secondary N) is 1. The lowest BCUT2D eigenvalue weighted by molar-refractivity contribution is -0.136. The summed E-state index contributed by atoms with van der Waals surface area (Å²) in [6.07, 6.45) is 3.18. The van der Waals surface area contributed by atoms with Crippen molar-refractivity contribution in [1.29, 1.82) is 0 Å². The Morgan fingerprint density at radius 2 is 1.77 bits per heavy atom. The number of carbonyl (C=O) groups excluding carboxylic acids is 1. The summed E-state index contributed by atoms with van der Waals surface area (Å²) in [6.45, 7) is 6.36. The van der Waals surface area contributed by atoms with Gasteiger partial charge in [0.1, 0.15) is 0 Å². The average molecular weight is 353 g/mol. The number of amides is 1. The standard InChI is InChI=1S/C20H23N3O3/c1-20(2,3)16-8-6-14(7-9-16)17(10-11-18(24)25)22-23-19(26)15-5-4-12-21-13-15/h4-9,12-13H,10-11H2,1-3H3,(H,23,26)(H,24,25)/b22-17+. The predicted octanol–water partition coefficient (Wildman–Crippen LogP) is 3.38. The summed E-state index contributed by atoms with van der Waals surface area (Å²) in [5, 5.41) is 13.1. The molecule has 2 aromatic rings. The molecule has 0 radical (unpaired) electrons. The first-order valence-corrected chi connectivity index (χ1v) is 8.37. The fourth-order valence-corrected chi connectivity index (χ4v) is 2.33. The number of carboxylic acid groups (broad SMARTS) is 1. The minimum absolute atomic E-state index is 0.0193. The first kappa shape index (κ1) is 19.3. The van der Waals surface area contributed by atoms with Gasteiger partial charge in [-0.25, -0.2) is 5.43 Å². The van der Waals surface area contributed by atoms with Gasteiger partial charge >= 0.3 is 5.97 Å². The van der Waals surface area contributed by atoms with Gasteiger partial charge in [0.15, 0.2) is 0 Å². The van der Waals surface area contributed by atoms with Crippen molar-refractivity contribution in [2.24, 2.45) is 5.10 Å². The van der Waals surface area contributed by atoms with E-state index in [9.17, 15) is 9.59 Å². The first-order chi connectivity index (χ1) is 12.3. The molecule has 6 heteroatoms. The summed E-state index contributed by atoms with van der Waals surface area (Å²) in [7, 11) is 0. The Morgan fingerprint density at radius 1 is 1.08 bits per heavy atom. The van der Waals surface area contributed by atoms with E-state index in [0.717, 1.165) is 5.56 Å². The zero-order valence-electron chi connectivity index (χ0n) is 15.2. The second kappa shape index (κ2) is 8.38. The quantitative estimate of drug-likeness (QED) is 0.615. The molecule has 0 bridgehead atoms. The van der Waals surface area contributed by atoms with Gasteiger partial charge in [-0.1, -0.05) is 45.0 Å². The van der Waals surface area contributed by atoms with Crippen LogP contribution in [-0.2, 0) is 10.2 Å². The second-order valence-electron chi connectivity index (χ2n) is 6.96. The van der Waals surface area contributed by atoms with Crippen molar-refractivity contribution in [3.05, 3.63) is 65.5 Å². The van der Waals surface area contributed by atoms with Crippen molar-refractivity contribution >= 4 is 17.6 Å². The molecule has 0 spiro atoms.